The molecule has 3 unspecified atom stereocenters. The summed E-state index contributed by atoms with van der Waals surface area (Å²) in [7, 11) is 0. The van der Waals surface area contributed by atoms with E-state index in [9.17, 15) is 0 Å². The summed E-state index contributed by atoms with van der Waals surface area (Å²) in [5.41, 5.74) is 0. The van der Waals surface area contributed by atoms with Crippen LogP contribution in [0.3, 0.4) is 0 Å². The molecule has 0 aromatic rings. The number of hydrogen-bond acceptors (Lipinski definition) is 1. The summed E-state index contributed by atoms with van der Waals surface area (Å²) in [6.45, 7) is 0. The van der Waals surface area contributed by atoms with Gasteiger partial charge in [0.25, 0.3) is 0 Å². The van der Waals surface area contributed by atoms with Crippen molar-refractivity contribution < 1.29 is 4.74 Å². The normalized spacial score (nSPS) is 41.7. The van der Waals surface area contributed by atoms with E-state index in [0.29, 0.717) is 12.2 Å². The molecular formula is C9H17OS+. The third-order valence-corrected chi connectivity index (χ3v) is 3.58. The first-order chi connectivity index (χ1) is 5.40. The SMILES string of the molecule is C[SH+]CCC1CCC2OC2C1. The van der Waals surface area contributed by atoms with Crippen molar-refractivity contribution in [2.75, 3.05) is 12.0 Å². The van der Waals surface area contributed by atoms with Crippen LogP contribution in [0.1, 0.15) is 25.7 Å². The van der Waals surface area contributed by atoms with Gasteiger partial charge in [0, 0.05) is 0 Å². The highest BCUT2D eigenvalue weighted by Gasteiger charge is 2.43. The van der Waals surface area contributed by atoms with E-state index >= 15 is 0 Å². The van der Waals surface area contributed by atoms with E-state index in [-0.39, 0.29) is 0 Å². The second-order valence-electron chi connectivity index (χ2n) is 3.72. The highest BCUT2D eigenvalue weighted by atomic mass is 32.2. The fourth-order valence-electron chi connectivity index (χ4n) is 2.06. The van der Waals surface area contributed by atoms with E-state index in [0.717, 1.165) is 5.92 Å². The zero-order chi connectivity index (χ0) is 7.68. The molecule has 1 saturated heterocycles. The molecule has 1 aliphatic heterocycles. The number of thiol groups is 1. The molecule has 0 aromatic heterocycles. The van der Waals surface area contributed by atoms with Crippen LogP contribution in [0.4, 0.5) is 0 Å². The molecule has 1 nitrogen and oxygen atoms in total. The van der Waals surface area contributed by atoms with Gasteiger partial charge in [-0.1, -0.05) is 0 Å². The topological polar surface area (TPSA) is 12.5 Å². The van der Waals surface area contributed by atoms with E-state index in [1.54, 1.807) is 11.8 Å². The molecule has 0 radical (unpaired) electrons. The number of ether oxygens (including phenoxy) is 1. The summed E-state index contributed by atoms with van der Waals surface area (Å²) in [6, 6.07) is 0. The molecule has 2 rings (SSSR count). The van der Waals surface area contributed by atoms with Crippen molar-refractivity contribution in [3.63, 3.8) is 0 Å². The molecule has 1 heterocycles. The van der Waals surface area contributed by atoms with Crippen LogP contribution in [-0.2, 0) is 16.5 Å². The van der Waals surface area contributed by atoms with Gasteiger partial charge >= 0.3 is 0 Å². The molecule has 0 spiro atoms. The molecule has 1 saturated carbocycles. The summed E-state index contributed by atoms with van der Waals surface area (Å²) < 4.78 is 5.49. The van der Waals surface area contributed by atoms with Crippen molar-refractivity contribution in [1.29, 1.82) is 0 Å². The Balaban J connectivity index is 1.68. The molecule has 0 aromatic carbocycles. The molecule has 2 fully saturated rings. The quantitative estimate of drug-likeness (QED) is 0.357. The molecule has 0 bridgehead atoms. The highest BCUT2D eigenvalue weighted by molar-refractivity contribution is 7.77. The lowest BCUT2D eigenvalue weighted by atomic mass is 9.88. The fraction of sp³-hybridized carbons (Fsp3) is 1.00. The van der Waals surface area contributed by atoms with Crippen molar-refractivity contribution in [1.82, 2.24) is 0 Å². The van der Waals surface area contributed by atoms with Crippen LogP contribution in [0.2, 0.25) is 0 Å². The monoisotopic (exact) mass is 173 g/mol. The number of hydrogen-bond donors (Lipinski definition) is 0. The first-order valence-electron chi connectivity index (χ1n) is 4.61. The first-order valence-corrected chi connectivity index (χ1v) is 6.14. The fourth-order valence-corrected chi connectivity index (χ4v) is 2.68. The Kier molecular flexibility index (Phi) is 2.42. The molecule has 3 atom stereocenters. The third kappa shape index (κ3) is 1.91. The van der Waals surface area contributed by atoms with Crippen molar-refractivity contribution in [3.05, 3.63) is 0 Å². The zero-order valence-corrected chi connectivity index (χ0v) is 8.02. The van der Waals surface area contributed by atoms with E-state index in [1.807, 2.05) is 0 Å². The van der Waals surface area contributed by atoms with Gasteiger partial charge in [-0.05, 0) is 43.4 Å². The molecule has 11 heavy (non-hydrogen) atoms. The van der Waals surface area contributed by atoms with Gasteiger partial charge < -0.3 is 4.74 Å². The summed E-state index contributed by atoms with van der Waals surface area (Å²) in [4.78, 5) is 0. The Hall–Kier alpha value is 0.310. The molecule has 0 N–H and O–H groups in total. The van der Waals surface area contributed by atoms with Gasteiger partial charge in [0.2, 0.25) is 0 Å². The standard InChI is InChI=1S/C9H16OS/c1-11-5-4-7-2-3-8-9(6-7)10-8/h7-9H,2-6H2,1H3/p+1. The average molecular weight is 173 g/mol. The molecule has 0 amide bonds. The molecule has 1 aliphatic carbocycles. The minimum Gasteiger partial charge on any atom is -0.370 e. The summed E-state index contributed by atoms with van der Waals surface area (Å²) in [5, 5.41) is 0. The van der Waals surface area contributed by atoms with E-state index < -0.39 is 0 Å². The van der Waals surface area contributed by atoms with Gasteiger partial charge in [-0.25, -0.2) is 0 Å². The summed E-state index contributed by atoms with van der Waals surface area (Å²) in [6.07, 6.45) is 9.18. The van der Waals surface area contributed by atoms with Crippen LogP contribution in [0.15, 0.2) is 0 Å². The largest absolute Gasteiger partial charge is 0.370 e. The van der Waals surface area contributed by atoms with E-state index in [2.05, 4.69) is 6.26 Å². The first kappa shape index (κ1) is 7.93. The van der Waals surface area contributed by atoms with Crippen LogP contribution in [0.25, 0.3) is 0 Å². The Morgan fingerprint density at radius 3 is 3.00 bits per heavy atom. The van der Waals surface area contributed by atoms with E-state index in [1.165, 1.54) is 31.4 Å². The lowest BCUT2D eigenvalue weighted by molar-refractivity contribution is 0.358. The second-order valence-corrected chi connectivity index (χ2v) is 4.80. The number of rotatable bonds is 3. The Bertz CT molecular complexity index is 138. The summed E-state index contributed by atoms with van der Waals surface area (Å²) in [5.74, 6) is 2.38. The van der Waals surface area contributed by atoms with Crippen molar-refractivity contribution >= 4 is 11.8 Å². The maximum absolute atomic E-state index is 5.49. The predicted octanol–water partition coefficient (Wildman–Crippen LogP) is 1.39. The van der Waals surface area contributed by atoms with Crippen molar-refractivity contribution in [2.24, 2.45) is 5.92 Å². The Morgan fingerprint density at radius 2 is 2.27 bits per heavy atom. The van der Waals surface area contributed by atoms with Crippen LogP contribution >= 0.6 is 0 Å². The molecule has 2 aliphatic rings. The van der Waals surface area contributed by atoms with Crippen LogP contribution in [-0.4, -0.2) is 24.2 Å². The van der Waals surface area contributed by atoms with Gasteiger partial charge in [-0.2, -0.15) is 0 Å². The van der Waals surface area contributed by atoms with Gasteiger partial charge in [-0.3, -0.25) is 0 Å². The molecular weight excluding hydrogens is 156 g/mol. The smallest absolute Gasteiger partial charge is 0.105 e. The predicted molar refractivity (Wildman–Crippen MR) is 50.2 cm³/mol. The van der Waals surface area contributed by atoms with Gasteiger partial charge in [0.1, 0.15) is 5.75 Å². The summed E-state index contributed by atoms with van der Waals surface area (Å²) >= 11 is 1.56. The molecule has 2 heteroatoms. The van der Waals surface area contributed by atoms with Gasteiger partial charge in [-0.15, -0.1) is 0 Å². The lowest BCUT2D eigenvalue weighted by Gasteiger charge is -2.16. The maximum atomic E-state index is 5.49. The maximum Gasteiger partial charge on any atom is 0.105 e. The molecule has 64 valence electrons. The van der Waals surface area contributed by atoms with Gasteiger partial charge in [0.05, 0.1) is 18.5 Å². The van der Waals surface area contributed by atoms with Crippen LogP contribution in [0, 0.1) is 5.92 Å². The zero-order valence-electron chi connectivity index (χ0n) is 7.12. The number of fused-ring (bicyclic) bond motifs is 1. The Morgan fingerprint density at radius 1 is 1.36 bits per heavy atom. The van der Waals surface area contributed by atoms with Crippen molar-refractivity contribution in [2.45, 2.75) is 37.9 Å². The Labute approximate surface area is 72.9 Å². The minimum atomic E-state index is 0.683. The van der Waals surface area contributed by atoms with Crippen LogP contribution in [0.5, 0.6) is 0 Å². The highest BCUT2D eigenvalue weighted by Crippen LogP contribution is 2.40. The lowest BCUT2D eigenvalue weighted by Crippen LogP contribution is -2.14. The van der Waals surface area contributed by atoms with Gasteiger partial charge in [0.15, 0.2) is 0 Å². The average Bonchev–Trinajstić information content (AvgIpc) is 2.78. The van der Waals surface area contributed by atoms with Crippen LogP contribution < -0.4 is 0 Å². The second kappa shape index (κ2) is 3.36. The number of epoxide rings is 1. The minimum absolute atomic E-state index is 0.683. The van der Waals surface area contributed by atoms with Crippen molar-refractivity contribution in [3.8, 4) is 0 Å². The van der Waals surface area contributed by atoms with E-state index in [4.69, 9.17) is 4.74 Å². The third-order valence-electron chi connectivity index (χ3n) is 2.87.